The second kappa shape index (κ2) is 9.76. The highest BCUT2D eigenvalue weighted by molar-refractivity contribution is 5.64. The smallest absolute Gasteiger partial charge is 0.421 e. The molecule has 0 spiro atoms. The summed E-state index contributed by atoms with van der Waals surface area (Å²) in [7, 11) is 0. The average Bonchev–Trinajstić information content (AvgIpc) is 2.68. The van der Waals surface area contributed by atoms with Crippen molar-refractivity contribution in [2.24, 2.45) is 0 Å². The Morgan fingerprint density at radius 1 is 0.812 bits per heavy atom. The van der Waals surface area contributed by atoms with E-state index in [-0.39, 0.29) is 24.0 Å². The van der Waals surface area contributed by atoms with Crippen LogP contribution in [-0.4, -0.2) is 22.2 Å². The van der Waals surface area contributed by atoms with Gasteiger partial charge in [-0.3, -0.25) is 0 Å². The molecular weight excluding hydrogens is 421 g/mol. The van der Waals surface area contributed by atoms with E-state index in [2.05, 4.69) is 20.6 Å². The fourth-order valence-corrected chi connectivity index (χ4v) is 2.82. The molecule has 0 fully saturated rings. The first-order valence-electron chi connectivity index (χ1n) is 10.1. The summed E-state index contributed by atoms with van der Waals surface area (Å²) in [5, 5.41) is 5.66. The van der Waals surface area contributed by atoms with Crippen molar-refractivity contribution in [3.05, 3.63) is 60.3 Å². The zero-order valence-electron chi connectivity index (χ0n) is 18.2. The minimum absolute atomic E-state index is 0.0209. The van der Waals surface area contributed by atoms with Crippen molar-refractivity contribution < 1.29 is 22.6 Å². The molecular formula is C23H25F3N4O2. The molecule has 1 heterocycles. The van der Waals surface area contributed by atoms with Crippen molar-refractivity contribution >= 4 is 23.1 Å². The van der Waals surface area contributed by atoms with Gasteiger partial charge in [0.25, 0.3) is 0 Å². The third-order valence-corrected chi connectivity index (χ3v) is 4.04. The minimum atomic E-state index is -4.62. The van der Waals surface area contributed by atoms with E-state index in [4.69, 9.17) is 9.47 Å². The zero-order chi connectivity index (χ0) is 23.3. The topological polar surface area (TPSA) is 68.3 Å². The first-order chi connectivity index (χ1) is 15.1. The Hall–Kier alpha value is -3.49. The maximum atomic E-state index is 13.5. The SMILES string of the molecule is CC(C)Oc1ccc(Nc2ncc(C(F)(F)F)c(Nc3cccc(OC(C)C)c3)n2)cc1. The molecule has 3 aromatic rings. The van der Waals surface area contributed by atoms with Crippen LogP contribution in [0.1, 0.15) is 33.3 Å². The standard InChI is InChI=1S/C23H25F3N4O2/c1-14(2)31-18-10-8-16(9-11-18)29-22-27-13-20(23(24,25)26)21(30-22)28-17-6-5-7-19(12-17)32-15(3)4/h5-15H,1-4H3,(H2,27,28,29,30). The molecule has 0 aliphatic heterocycles. The highest BCUT2D eigenvalue weighted by atomic mass is 19.4. The van der Waals surface area contributed by atoms with Gasteiger partial charge in [0.1, 0.15) is 22.9 Å². The summed E-state index contributed by atoms with van der Waals surface area (Å²) < 4.78 is 51.8. The maximum Gasteiger partial charge on any atom is 0.421 e. The summed E-state index contributed by atoms with van der Waals surface area (Å²) >= 11 is 0. The molecule has 6 nitrogen and oxygen atoms in total. The first-order valence-corrected chi connectivity index (χ1v) is 10.1. The molecule has 1 aromatic heterocycles. The highest BCUT2D eigenvalue weighted by Gasteiger charge is 2.35. The average molecular weight is 446 g/mol. The van der Waals surface area contributed by atoms with Gasteiger partial charge < -0.3 is 20.1 Å². The second-order valence-electron chi connectivity index (χ2n) is 7.59. The van der Waals surface area contributed by atoms with Crippen molar-refractivity contribution in [2.75, 3.05) is 10.6 Å². The number of nitrogens with one attached hydrogen (secondary N) is 2. The minimum Gasteiger partial charge on any atom is -0.491 e. The molecule has 32 heavy (non-hydrogen) atoms. The van der Waals surface area contributed by atoms with Gasteiger partial charge in [0, 0.05) is 23.6 Å². The molecule has 0 bridgehead atoms. The summed E-state index contributed by atoms with van der Waals surface area (Å²) in [6, 6.07) is 13.7. The van der Waals surface area contributed by atoms with E-state index < -0.39 is 11.7 Å². The lowest BCUT2D eigenvalue weighted by atomic mass is 10.2. The van der Waals surface area contributed by atoms with Gasteiger partial charge in [-0.25, -0.2) is 4.98 Å². The van der Waals surface area contributed by atoms with Gasteiger partial charge in [0.05, 0.1) is 12.2 Å². The van der Waals surface area contributed by atoms with Gasteiger partial charge in [0.15, 0.2) is 0 Å². The molecule has 0 amide bonds. The molecule has 0 aliphatic carbocycles. The van der Waals surface area contributed by atoms with Crippen molar-refractivity contribution in [3.8, 4) is 11.5 Å². The van der Waals surface area contributed by atoms with Crippen LogP contribution >= 0.6 is 0 Å². The monoisotopic (exact) mass is 446 g/mol. The Bertz CT molecular complexity index is 1040. The maximum absolute atomic E-state index is 13.5. The first kappa shape index (κ1) is 23.2. The van der Waals surface area contributed by atoms with E-state index in [1.54, 1.807) is 48.5 Å². The molecule has 9 heteroatoms. The second-order valence-corrected chi connectivity index (χ2v) is 7.59. The van der Waals surface area contributed by atoms with E-state index in [9.17, 15) is 13.2 Å². The van der Waals surface area contributed by atoms with Crippen LogP contribution in [0.5, 0.6) is 11.5 Å². The lowest BCUT2D eigenvalue weighted by Crippen LogP contribution is -2.13. The van der Waals surface area contributed by atoms with Gasteiger partial charge in [0.2, 0.25) is 5.95 Å². The van der Waals surface area contributed by atoms with E-state index in [0.717, 1.165) is 6.20 Å². The predicted molar refractivity (Wildman–Crippen MR) is 118 cm³/mol. The Morgan fingerprint density at radius 2 is 1.47 bits per heavy atom. The molecule has 0 saturated heterocycles. The van der Waals surface area contributed by atoms with Gasteiger partial charge >= 0.3 is 6.18 Å². The molecule has 0 unspecified atom stereocenters. The van der Waals surface area contributed by atoms with Crippen molar-refractivity contribution in [3.63, 3.8) is 0 Å². The van der Waals surface area contributed by atoms with Gasteiger partial charge in [-0.15, -0.1) is 0 Å². The van der Waals surface area contributed by atoms with Crippen LogP contribution in [0.4, 0.5) is 36.3 Å². The summed E-state index contributed by atoms with van der Waals surface area (Å²) in [4.78, 5) is 7.90. The number of hydrogen-bond donors (Lipinski definition) is 2. The Morgan fingerprint density at radius 3 is 2.09 bits per heavy atom. The van der Waals surface area contributed by atoms with Crippen molar-refractivity contribution in [2.45, 2.75) is 46.1 Å². The largest absolute Gasteiger partial charge is 0.491 e. The van der Waals surface area contributed by atoms with E-state index in [0.29, 0.717) is 22.9 Å². The zero-order valence-corrected chi connectivity index (χ0v) is 18.2. The number of alkyl halides is 3. The predicted octanol–water partition coefficient (Wildman–Crippen LogP) is 6.56. The Kier molecular flexibility index (Phi) is 7.07. The number of halogens is 3. The summed E-state index contributed by atoms with van der Waals surface area (Å²) in [6.45, 7) is 7.57. The summed E-state index contributed by atoms with van der Waals surface area (Å²) in [6.07, 6.45) is -3.90. The fraction of sp³-hybridized carbons (Fsp3) is 0.304. The molecule has 0 saturated carbocycles. The van der Waals surface area contributed by atoms with E-state index >= 15 is 0 Å². The molecule has 2 aromatic carbocycles. The number of aromatic nitrogens is 2. The molecule has 0 radical (unpaired) electrons. The van der Waals surface area contributed by atoms with Crippen LogP contribution in [0.3, 0.4) is 0 Å². The third-order valence-electron chi connectivity index (χ3n) is 4.04. The van der Waals surface area contributed by atoms with E-state index in [1.807, 2.05) is 27.7 Å². The quantitative estimate of drug-likeness (QED) is 0.409. The molecule has 2 N–H and O–H groups in total. The van der Waals surface area contributed by atoms with Crippen molar-refractivity contribution in [1.29, 1.82) is 0 Å². The number of nitrogens with zero attached hydrogens (tertiary/aromatic N) is 2. The Balaban J connectivity index is 1.85. The van der Waals surface area contributed by atoms with Gasteiger partial charge in [-0.2, -0.15) is 18.2 Å². The highest BCUT2D eigenvalue weighted by Crippen LogP contribution is 2.36. The molecule has 170 valence electrons. The normalized spacial score (nSPS) is 11.5. The van der Waals surface area contributed by atoms with Crippen LogP contribution in [-0.2, 0) is 6.18 Å². The number of anilines is 4. The molecule has 0 aliphatic rings. The van der Waals surface area contributed by atoms with E-state index in [1.165, 1.54) is 0 Å². The third kappa shape index (κ3) is 6.50. The fourth-order valence-electron chi connectivity index (χ4n) is 2.82. The van der Waals surface area contributed by atoms with Crippen LogP contribution < -0.4 is 20.1 Å². The van der Waals surface area contributed by atoms with Crippen LogP contribution in [0, 0.1) is 0 Å². The van der Waals surface area contributed by atoms with Crippen LogP contribution in [0.25, 0.3) is 0 Å². The summed E-state index contributed by atoms with van der Waals surface area (Å²) in [5.74, 6) is 0.878. The van der Waals surface area contributed by atoms with Crippen LogP contribution in [0.2, 0.25) is 0 Å². The number of rotatable bonds is 8. The number of ether oxygens (including phenoxy) is 2. The van der Waals surface area contributed by atoms with Crippen LogP contribution in [0.15, 0.2) is 54.7 Å². The number of hydrogen-bond acceptors (Lipinski definition) is 6. The van der Waals surface area contributed by atoms with Crippen molar-refractivity contribution in [1.82, 2.24) is 9.97 Å². The number of benzene rings is 2. The lowest BCUT2D eigenvalue weighted by Gasteiger charge is -2.16. The Labute approximate surface area is 184 Å². The van der Waals surface area contributed by atoms with Gasteiger partial charge in [-0.05, 0) is 64.1 Å². The summed E-state index contributed by atoms with van der Waals surface area (Å²) in [5.41, 5.74) is 0.0477. The lowest BCUT2D eigenvalue weighted by molar-refractivity contribution is -0.137. The molecule has 0 atom stereocenters. The van der Waals surface area contributed by atoms with Gasteiger partial charge in [-0.1, -0.05) is 6.07 Å². The molecule has 3 rings (SSSR count).